The number of thiazole rings is 1. The van der Waals surface area contributed by atoms with Crippen LogP contribution in [-0.4, -0.2) is 47.9 Å². The molecule has 1 saturated heterocycles. The van der Waals surface area contributed by atoms with E-state index in [2.05, 4.69) is 4.98 Å². The lowest BCUT2D eigenvalue weighted by molar-refractivity contribution is -0.128. The summed E-state index contributed by atoms with van der Waals surface area (Å²) in [7, 11) is 3.73. The van der Waals surface area contributed by atoms with Crippen LogP contribution in [0.3, 0.4) is 0 Å². The third-order valence-corrected chi connectivity index (χ3v) is 7.44. The van der Waals surface area contributed by atoms with E-state index in [0.717, 1.165) is 18.4 Å². The van der Waals surface area contributed by atoms with Crippen molar-refractivity contribution < 1.29 is 14.0 Å². The Bertz CT molecular complexity index is 942. The lowest BCUT2D eigenvalue weighted by Gasteiger charge is -2.37. The number of halogens is 1. The number of carbonyl (C=O) groups excluding carboxylic acids is 2. The first-order valence-electron chi connectivity index (χ1n) is 9.31. The maximum atomic E-state index is 13.5. The second-order valence-corrected chi connectivity index (χ2v) is 8.86. The summed E-state index contributed by atoms with van der Waals surface area (Å²) in [6.07, 6.45) is 2.12. The summed E-state index contributed by atoms with van der Waals surface area (Å²) < 4.78 is 13.4. The van der Waals surface area contributed by atoms with E-state index in [1.165, 1.54) is 23.5 Å². The second-order valence-electron chi connectivity index (χ2n) is 7.88. The SMILES string of the molecule is C[C@H]1N(C(=O)c2nc(N(C)C)sc2-c2ccc(F)cc2)[C@H]2CC[C@@]1(C(N)=O)C2. The molecule has 0 unspecified atom stereocenters. The fourth-order valence-corrected chi connectivity index (χ4v) is 5.57. The normalized spacial score (nSPS) is 25.9. The average Bonchev–Trinajstić information content (AvgIpc) is 3.34. The Morgan fingerprint density at radius 1 is 1.32 bits per heavy atom. The van der Waals surface area contributed by atoms with Crippen LogP contribution in [-0.2, 0) is 4.79 Å². The highest BCUT2D eigenvalue weighted by molar-refractivity contribution is 7.19. The van der Waals surface area contributed by atoms with Crippen LogP contribution < -0.4 is 10.6 Å². The number of nitrogens with zero attached hydrogens (tertiary/aromatic N) is 3. The Kier molecular flexibility index (Phi) is 4.41. The fraction of sp³-hybridized carbons (Fsp3) is 0.450. The number of piperidine rings is 1. The van der Waals surface area contributed by atoms with E-state index in [-0.39, 0.29) is 29.7 Å². The average molecular weight is 402 g/mol. The zero-order valence-electron chi connectivity index (χ0n) is 16.1. The second kappa shape index (κ2) is 6.55. The van der Waals surface area contributed by atoms with Crippen molar-refractivity contribution in [2.24, 2.45) is 11.1 Å². The molecule has 2 fully saturated rings. The van der Waals surface area contributed by atoms with Gasteiger partial charge in [0, 0.05) is 26.2 Å². The number of hydrogen-bond acceptors (Lipinski definition) is 5. The molecular weight excluding hydrogens is 379 g/mol. The number of aromatic nitrogens is 1. The van der Waals surface area contributed by atoms with Crippen LogP contribution in [0.5, 0.6) is 0 Å². The quantitative estimate of drug-likeness (QED) is 0.853. The van der Waals surface area contributed by atoms with E-state index >= 15 is 0 Å². The number of nitrogens with two attached hydrogens (primary N) is 1. The van der Waals surface area contributed by atoms with Crippen molar-refractivity contribution in [1.29, 1.82) is 0 Å². The van der Waals surface area contributed by atoms with Crippen molar-refractivity contribution >= 4 is 28.3 Å². The first kappa shape index (κ1) is 18.9. The summed E-state index contributed by atoms with van der Waals surface area (Å²) >= 11 is 1.39. The predicted molar refractivity (Wildman–Crippen MR) is 107 cm³/mol. The Hall–Kier alpha value is -2.48. The Balaban J connectivity index is 1.76. The first-order valence-corrected chi connectivity index (χ1v) is 10.1. The zero-order valence-corrected chi connectivity index (χ0v) is 16.9. The summed E-state index contributed by atoms with van der Waals surface area (Å²) in [4.78, 5) is 34.6. The molecule has 1 aliphatic heterocycles. The highest BCUT2D eigenvalue weighted by Crippen LogP contribution is 2.52. The minimum atomic E-state index is -0.642. The molecule has 3 atom stereocenters. The molecular formula is C20H23FN4O2S. The summed E-state index contributed by atoms with van der Waals surface area (Å²) in [6, 6.07) is 5.80. The monoisotopic (exact) mass is 402 g/mol. The van der Waals surface area contributed by atoms with E-state index < -0.39 is 5.41 Å². The number of likely N-dealkylation sites (tertiary alicyclic amines) is 1. The van der Waals surface area contributed by atoms with Gasteiger partial charge in [0.2, 0.25) is 5.91 Å². The molecule has 2 N–H and O–H groups in total. The van der Waals surface area contributed by atoms with Crippen molar-refractivity contribution in [2.75, 3.05) is 19.0 Å². The maximum absolute atomic E-state index is 13.5. The van der Waals surface area contributed by atoms with Gasteiger partial charge in [0.25, 0.3) is 5.91 Å². The highest BCUT2D eigenvalue weighted by atomic mass is 32.1. The molecule has 1 saturated carbocycles. The largest absolute Gasteiger partial charge is 0.369 e. The molecule has 2 heterocycles. The van der Waals surface area contributed by atoms with Gasteiger partial charge in [0.15, 0.2) is 5.13 Å². The molecule has 8 heteroatoms. The van der Waals surface area contributed by atoms with Gasteiger partial charge in [-0.05, 0) is 43.9 Å². The molecule has 2 amide bonds. The van der Waals surface area contributed by atoms with Gasteiger partial charge in [-0.25, -0.2) is 9.37 Å². The standard InChI is InChI=1S/C20H23FN4O2S/c1-11-20(18(22)27)9-8-14(10-20)25(11)17(26)15-16(28-19(23-15)24(2)3)12-4-6-13(21)7-5-12/h4-7,11,14H,8-10H2,1-3H3,(H2,22,27)/t11-,14+,20-/m1/s1. The van der Waals surface area contributed by atoms with E-state index in [1.54, 1.807) is 17.0 Å². The molecule has 28 heavy (non-hydrogen) atoms. The molecule has 0 radical (unpaired) electrons. The van der Waals surface area contributed by atoms with Crippen LogP contribution in [0.15, 0.2) is 24.3 Å². The molecule has 6 nitrogen and oxygen atoms in total. The van der Waals surface area contributed by atoms with Gasteiger partial charge in [-0.3, -0.25) is 9.59 Å². The van der Waals surface area contributed by atoms with Crippen LogP contribution in [0.25, 0.3) is 10.4 Å². The summed E-state index contributed by atoms with van der Waals surface area (Å²) in [5, 5.41) is 0.698. The number of anilines is 1. The number of hydrogen-bond donors (Lipinski definition) is 1. The molecule has 1 aliphatic carbocycles. The molecule has 1 aromatic heterocycles. The highest BCUT2D eigenvalue weighted by Gasteiger charge is 2.59. The van der Waals surface area contributed by atoms with Gasteiger partial charge in [0.1, 0.15) is 11.5 Å². The van der Waals surface area contributed by atoms with E-state index in [9.17, 15) is 14.0 Å². The Morgan fingerprint density at radius 3 is 2.57 bits per heavy atom. The third kappa shape index (κ3) is 2.70. The number of carbonyl (C=O) groups is 2. The molecule has 148 valence electrons. The summed E-state index contributed by atoms with van der Waals surface area (Å²) in [6.45, 7) is 1.90. The van der Waals surface area contributed by atoms with Crippen molar-refractivity contribution in [1.82, 2.24) is 9.88 Å². The Morgan fingerprint density at radius 2 is 2.00 bits per heavy atom. The van der Waals surface area contributed by atoms with Crippen molar-refractivity contribution in [3.05, 3.63) is 35.8 Å². The first-order chi connectivity index (χ1) is 13.2. The smallest absolute Gasteiger partial charge is 0.274 e. The lowest BCUT2D eigenvalue weighted by Crippen LogP contribution is -2.51. The van der Waals surface area contributed by atoms with Gasteiger partial charge in [-0.2, -0.15) is 0 Å². The molecule has 4 rings (SSSR count). The van der Waals surface area contributed by atoms with Crippen molar-refractivity contribution in [3.63, 3.8) is 0 Å². The van der Waals surface area contributed by atoms with Gasteiger partial charge in [-0.1, -0.05) is 23.5 Å². The number of benzene rings is 1. The number of rotatable bonds is 4. The van der Waals surface area contributed by atoms with Crippen LogP contribution in [0.1, 0.15) is 36.7 Å². The summed E-state index contributed by atoms with van der Waals surface area (Å²) in [5.74, 6) is -0.851. The van der Waals surface area contributed by atoms with Gasteiger partial charge < -0.3 is 15.5 Å². The van der Waals surface area contributed by atoms with Crippen molar-refractivity contribution in [2.45, 2.75) is 38.3 Å². The molecule has 2 bridgehead atoms. The molecule has 2 aliphatic rings. The van der Waals surface area contributed by atoms with Crippen molar-refractivity contribution in [3.8, 4) is 10.4 Å². The van der Waals surface area contributed by atoms with E-state index in [0.29, 0.717) is 22.1 Å². The zero-order chi connectivity index (χ0) is 20.2. The van der Waals surface area contributed by atoms with Crippen LogP contribution >= 0.6 is 11.3 Å². The molecule has 1 aromatic carbocycles. The van der Waals surface area contributed by atoms with Crippen LogP contribution in [0.2, 0.25) is 0 Å². The van der Waals surface area contributed by atoms with Gasteiger partial charge in [-0.15, -0.1) is 0 Å². The number of amides is 2. The van der Waals surface area contributed by atoms with E-state index in [4.69, 9.17) is 5.73 Å². The van der Waals surface area contributed by atoms with Crippen LogP contribution in [0, 0.1) is 11.2 Å². The van der Waals surface area contributed by atoms with Crippen LogP contribution in [0.4, 0.5) is 9.52 Å². The lowest BCUT2D eigenvalue weighted by atomic mass is 9.80. The fourth-order valence-electron chi connectivity index (χ4n) is 4.58. The van der Waals surface area contributed by atoms with Gasteiger partial charge >= 0.3 is 0 Å². The number of primary amides is 1. The Labute approximate surface area is 167 Å². The summed E-state index contributed by atoms with van der Waals surface area (Å²) in [5.41, 5.74) is 6.16. The third-order valence-electron chi connectivity index (χ3n) is 6.17. The molecule has 0 spiro atoms. The van der Waals surface area contributed by atoms with E-state index in [1.807, 2.05) is 25.9 Å². The predicted octanol–water partition coefficient (Wildman–Crippen LogP) is 2.88. The minimum absolute atomic E-state index is 0.000531. The maximum Gasteiger partial charge on any atom is 0.274 e. The molecule has 2 aromatic rings. The van der Waals surface area contributed by atoms with Gasteiger partial charge in [0.05, 0.1) is 10.3 Å². The topological polar surface area (TPSA) is 79.5 Å². The number of fused-ring (bicyclic) bond motifs is 2. The minimum Gasteiger partial charge on any atom is -0.369 e.